The highest BCUT2D eigenvalue weighted by Crippen LogP contribution is 2.25. The van der Waals surface area contributed by atoms with Crippen molar-refractivity contribution in [2.24, 2.45) is 0 Å². The molecule has 0 heterocycles. The molecule has 94 valence electrons. The largest absolute Gasteiger partial charge is 0.488 e. The highest BCUT2D eigenvalue weighted by Gasteiger charge is 2.03. The molecule has 0 unspecified atom stereocenters. The number of ether oxygens (including phenoxy) is 1. The topological polar surface area (TPSA) is 21.3 Å². The first kappa shape index (κ1) is 14.2. The first-order valence-corrected chi connectivity index (χ1v) is 6.38. The van der Waals surface area contributed by atoms with Crippen molar-refractivity contribution >= 4 is 15.9 Å². The van der Waals surface area contributed by atoms with E-state index in [9.17, 15) is 4.39 Å². The average Bonchev–Trinajstić information content (AvgIpc) is 2.28. The van der Waals surface area contributed by atoms with Gasteiger partial charge in [-0.15, -0.1) is 0 Å². The lowest BCUT2D eigenvalue weighted by atomic mass is 10.3. The zero-order valence-electron chi connectivity index (χ0n) is 9.93. The van der Waals surface area contributed by atoms with E-state index >= 15 is 0 Å². The Hall–Kier alpha value is -0.870. The van der Waals surface area contributed by atoms with Crippen LogP contribution < -0.4 is 10.1 Å². The lowest BCUT2D eigenvalue weighted by Gasteiger charge is -2.10. The summed E-state index contributed by atoms with van der Waals surface area (Å²) >= 11 is 3.25. The summed E-state index contributed by atoms with van der Waals surface area (Å²) in [5.41, 5.74) is 0.967. The fraction of sp³-hybridized carbons (Fsp3) is 0.385. The lowest BCUT2D eigenvalue weighted by Crippen LogP contribution is -2.20. The Morgan fingerprint density at radius 3 is 2.94 bits per heavy atom. The Kier molecular flexibility index (Phi) is 6.22. The first-order valence-electron chi connectivity index (χ1n) is 5.58. The molecule has 0 spiro atoms. The first-order chi connectivity index (χ1) is 8.13. The van der Waals surface area contributed by atoms with Crippen LogP contribution in [0.15, 0.2) is 34.8 Å². The monoisotopic (exact) mass is 301 g/mol. The molecule has 0 aromatic heterocycles. The molecule has 1 N–H and O–H groups in total. The zero-order valence-corrected chi connectivity index (χ0v) is 11.5. The smallest absolute Gasteiger partial charge is 0.134 e. The van der Waals surface area contributed by atoms with Crippen LogP contribution in [-0.2, 0) is 0 Å². The minimum absolute atomic E-state index is 0.285. The minimum Gasteiger partial charge on any atom is -0.488 e. The standard InChI is InChI=1S/C13H17BrFNO/c1-3-6-16-8-10(2)9-17-13-5-4-11(15)7-12(13)14/h4-5,7,16H,2-3,6,8-9H2,1H3. The number of halogens is 2. The van der Waals surface area contributed by atoms with Gasteiger partial charge >= 0.3 is 0 Å². The maximum atomic E-state index is 12.8. The van der Waals surface area contributed by atoms with Crippen LogP contribution in [0.25, 0.3) is 0 Å². The van der Waals surface area contributed by atoms with E-state index in [-0.39, 0.29) is 5.82 Å². The molecule has 0 radical (unpaired) electrons. The van der Waals surface area contributed by atoms with Crippen molar-refractivity contribution in [3.05, 3.63) is 40.6 Å². The number of hydrogen-bond donors (Lipinski definition) is 1. The third-order valence-electron chi connectivity index (χ3n) is 2.13. The molecule has 0 aliphatic rings. The van der Waals surface area contributed by atoms with Gasteiger partial charge in [-0.2, -0.15) is 0 Å². The Bertz CT molecular complexity index is 382. The summed E-state index contributed by atoms with van der Waals surface area (Å²) in [5.74, 6) is 0.343. The molecule has 2 nitrogen and oxygen atoms in total. The van der Waals surface area contributed by atoms with E-state index in [0.717, 1.165) is 25.1 Å². The van der Waals surface area contributed by atoms with Crippen molar-refractivity contribution in [2.75, 3.05) is 19.7 Å². The molecule has 17 heavy (non-hydrogen) atoms. The van der Waals surface area contributed by atoms with E-state index in [1.54, 1.807) is 6.07 Å². The highest BCUT2D eigenvalue weighted by atomic mass is 79.9. The van der Waals surface area contributed by atoms with Gasteiger partial charge in [-0.1, -0.05) is 13.5 Å². The van der Waals surface area contributed by atoms with Gasteiger partial charge in [0, 0.05) is 6.54 Å². The Labute approximate surface area is 110 Å². The molecule has 0 saturated heterocycles. The van der Waals surface area contributed by atoms with Gasteiger partial charge in [-0.05, 0) is 52.7 Å². The summed E-state index contributed by atoms with van der Waals surface area (Å²) in [6, 6.07) is 4.36. The van der Waals surface area contributed by atoms with Crippen molar-refractivity contribution in [2.45, 2.75) is 13.3 Å². The fourth-order valence-corrected chi connectivity index (χ4v) is 1.73. The molecule has 0 atom stereocenters. The van der Waals surface area contributed by atoms with E-state index < -0.39 is 0 Å². The molecule has 0 aliphatic carbocycles. The maximum Gasteiger partial charge on any atom is 0.134 e. The summed E-state index contributed by atoms with van der Waals surface area (Å²) in [5, 5.41) is 3.24. The van der Waals surface area contributed by atoms with Gasteiger partial charge in [0.2, 0.25) is 0 Å². The van der Waals surface area contributed by atoms with E-state index in [1.165, 1.54) is 12.1 Å². The van der Waals surface area contributed by atoms with Crippen molar-refractivity contribution in [3.63, 3.8) is 0 Å². The molecule has 0 amide bonds. The molecule has 0 fully saturated rings. The third kappa shape index (κ3) is 5.33. The Morgan fingerprint density at radius 2 is 2.29 bits per heavy atom. The van der Waals surface area contributed by atoms with E-state index in [1.807, 2.05) is 0 Å². The summed E-state index contributed by atoms with van der Waals surface area (Å²) in [4.78, 5) is 0. The van der Waals surface area contributed by atoms with Gasteiger partial charge < -0.3 is 10.1 Å². The van der Waals surface area contributed by atoms with Gasteiger partial charge in [-0.25, -0.2) is 4.39 Å². The van der Waals surface area contributed by atoms with Crippen LogP contribution in [-0.4, -0.2) is 19.7 Å². The van der Waals surface area contributed by atoms with Gasteiger partial charge in [0.05, 0.1) is 4.47 Å². The Morgan fingerprint density at radius 1 is 1.53 bits per heavy atom. The van der Waals surface area contributed by atoms with Crippen LogP contribution in [0.5, 0.6) is 5.75 Å². The molecule has 1 aromatic carbocycles. The van der Waals surface area contributed by atoms with Crippen LogP contribution in [0.2, 0.25) is 0 Å². The molecule has 1 rings (SSSR count). The molecular weight excluding hydrogens is 285 g/mol. The van der Waals surface area contributed by atoms with E-state index in [0.29, 0.717) is 16.8 Å². The summed E-state index contributed by atoms with van der Waals surface area (Å²) in [7, 11) is 0. The quantitative estimate of drug-likeness (QED) is 0.614. The predicted molar refractivity (Wildman–Crippen MR) is 71.9 cm³/mol. The third-order valence-corrected chi connectivity index (χ3v) is 2.75. The second-order valence-electron chi connectivity index (χ2n) is 3.79. The summed E-state index contributed by atoms with van der Waals surface area (Å²) in [6.45, 7) is 8.17. The van der Waals surface area contributed by atoms with Crippen LogP contribution >= 0.6 is 15.9 Å². The molecule has 4 heteroatoms. The van der Waals surface area contributed by atoms with Crippen molar-refractivity contribution < 1.29 is 9.13 Å². The minimum atomic E-state index is -0.285. The molecule has 1 aromatic rings. The van der Waals surface area contributed by atoms with Crippen molar-refractivity contribution in [1.29, 1.82) is 0 Å². The van der Waals surface area contributed by atoms with Gasteiger partial charge in [0.1, 0.15) is 18.2 Å². The van der Waals surface area contributed by atoms with Crippen LogP contribution in [0.4, 0.5) is 4.39 Å². The van der Waals surface area contributed by atoms with Crippen molar-refractivity contribution in [1.82, 2.24) is 5.32 Å². The van der Waals surface area contributed by atoms with Gasteiger partial charge in [0.15, 0.2) is 0 Å². The van der Waals surface area contributed by atoms with E-state index in [2.05, 4.69) is 34.7 Å². The normalized spacial score (nSPS) is 10.3. The second kappa shape index (κ2) is 7.45. The summed E-state index contributed by atoms with van der Waals surface area (Å²) in [6.07, 6.45) is 1.09. The molecule has 0 bridgehead atoms. The molecule has 0 saturated carbocycles. The zero-order chi connectivity index (χ0) is 12.7. The average molecular weight is 302 g/mol. The van der Waals surface area contributed by atoms with Crippen LogP contribution in [0.3, 0.4) is 0 Å². The number of rotatable bonds is 7. The number of nitrogens with one attached hydrogen (secondary N) is 1. The maximum absolute atomic E-state index is 12.8. The van der Waals surface area contributed by atoms with Crippen LogP contribution in [0.1, 0.15) is 13.3 Å². The SMILES string of the molecule is C=C(CNCCC)COc1ccc(F)cc1Br. The fourth-order valence-electron chi connectivity index (χ4n) is 1.27. The van der Waals surface area contributed by atoms with Crippen molar-refractivity contribution in [3.8, 4) is 5.75 Å². The second-order valence-corrected chi connectivity index (χ2v) is 4.64. The van der Waals surface area contributed by atoms with Crippen LogP contribution in [0, 0.1) is 5.82 Å². The van der Waals surface area contributed by atoms with Gasteiger partial charge in [-0.3, -0.25) is 0 Å². The Balaban J connectivity index is 2.37. The van der Waals surface area contributed by atoms with Gasteiger partial charge in [0.25, 0.3) is 0 Å². The lowest BCUT2D eigenvalue weighted by molar-refractivity contribution is 0.345. The number of benzene rings is 1. The summed E-state index contributed by atoms with van der Waals surface area (Å²) < 4.78 is 19.0. The number of hydrogen-bond acceptors (Lipinski definition) is 2. The predicted octanol–water partition coefficient (Wildman–Crippen LogP) is 3.52. The highest BCUT2D eigenvalue weighted by molar-refractivity contribution is 9.10. The van der Waals surface area contributed by atoms with E-state index in [4.69, 9.17) is 4.74 Å². The molecule has 0 aliphatic heterocycles. The molecular formula is C13H17BrFNO.